The van der Waals surface area contributed by atoms with Gasteiger partial charge in [-0.25, -0.2) is 9.18 Å². The number of anilines is 1. The highest BCUT2D eigenvalue weighted by molar-refractivity contribution is 5.95. The summed E-state index contributed by atoms with van der Waals surface area (Å²) in [5.74, 6) is 0.0451. The summed E-state index contributed by atoms with van der Waals surface area (Å²) in [4.78, 5) is 29.6. The number of carbonyl (C=O) groups is 2. The lowest BCUT2D eigenvalue weighted by Crippen LogP contribution is -2.43. The third kappa shape index (κ3) is 6.79. The number of hydrogen-bond acceptors (Lipinski definition) is 3. The lowest BCUT2D eigenvalue weighted by atomic mass is 9.96. The molecule has 2 aliphatic heterocycles. The number of benzene rings is 2. The van der Waals surface area contributed by atoms with Crippen molar-refractivity contribution < 1.29 is 14.0 Å². The van der Waals surface area contributed by atoms with Crippen LogP contribution in [-0.4, -0.2) is 54.5 Å². The molecule has 0 bridgehead atoms. The predicted octanol–water partition coefficient (Wildman–Crippen LogP) is 4.88. The quantitative estimate of drug-likeness (QED) is 0.638. The van der Waals surface area contributed by atoms with Crippen LogP contribution in [0.25, 0.3) is 0 Å². The van der Waals surface area contributed by atoms with Crippen LogP contribution in [0.2, 0.25) is 0 Å². The van der Waals surface area contributed by atoms with E-state index in [4.69, 9.17) is 0 Å². The van der Waals surface area contributed by atoms with Crippen LogP contribution >= 0.6 is 0 Å². The first-order chi connectivity index (χ1) is 16.6. The Morgan fingerprint density at radius 3 is 2.24 bits per heavy atom. The molecule has 2 N–H and O–H groups in total. The van der Waals surface area contributed by atoms with Crippen molar-refractivity contribution in [1.82, 2.24) is 15.1 Å². The zero-order chi connectivity index (χ0) is 23.8. The van der Waals surface area contributed by atoms with E-state index in [0.717, 1.165) is 32.5 Å². The first-order valence-corrected chi connectivity index (χ1v) is 12.5. The van der Waals surface area contributed by atoms with Crippen LogP contribution < -0.4 is 10.6 Å². The van der Waals surface area contributed by atoms with E-state index in [1.54, 1.807) is 42.5 Å². The molecule has 0 atom stereocenters. The number of urea groups is 1. The minimum absolute atomic E-state index is 0.0926. The van der Waals surface area contributed by atoms with Crippen LogP contribution in [0.4, 0.5) is 14.9 Å². The molecule has 2 aromatic rings. The zero-order valence-electron chi connectivity index (χ0n) is 19.8. The highest BCUT2D eigenvalue weighted by atomic mass is 19.1. The number of hydrogen-bond donors (Lipinski definition) is 2. The predicted molar refractivity (Wildman–Crippen MR) is 132 cm³/mol. The van der Waals surface area contributed by atoms with E-state index in [-0.39, 0.29) is 24.3 Å². The van der Waals surface area contributed by atoms with E-state index in [1.807, 2.05) is 4.90 Å². The first-order valence-electron chi connectivity index (χ1n) is 12.5. The van der Waals surface area contributed by atoms with E-state index < -0.39 is 0 Å². The van der Waals surface area contributed by atoms with Crippen molar-refractivity contribution in [2.45, 2.75) is 45.1 Å². The highest BCUT2D eigenvalue weighted by Gasteiger charge is 2.24. The standard InChI is InChI=1S/C27H35FN4O2/c28-25-8-4-3-7-23(25)19-29-26(33)22-9-11-24(12-10-22)30-27(34)32-17-13-21(14-18-32)20-31-15-5-1-2-6-16-31/h3-4,7-12,21H,1-2,5-6,13-20H2,(H,29,33)(H,30,34). The summed E-state index contributed by atoms with van der Waals surface area (Å²) in [6.07, 6.45) is 7.43. The van der Waals surface area contributed by atoms with Gasteiger partial charge in [0.2, 0.25) is 0 Å². The number of nitrogens with one attached hydrogen (secondary N) is 2. The van der Waals surface area contributed by atoms with E-state index in [1.165, 1.54) is 44.8 Å². The number of amides is 3. The van der Waals surface area contributed by atoms with Gasteiger partial charge >= 0.3 is 6.03 Å². The van der Waals surface area contributed by atoms with E-state index >= 15 is 0 Å². The van der Waals surface area contributed by atoms with Gasteiger partial charge in [0.05, 0.1) is 0 Å². The fourth-order valence-corrected chi connectivity index (χ4v) is 4.83. The van der Waals surface area contributed by atoms with Gasteiger partial charge in [0.25, 0.3) is 5.91 Å². The number of piperidine rings is 1. The molecular formula is C27H35FN4O2. The van der Waals surface area contributed by atoms with Crippen LogP contribution in [0.1, 0.15) is 54.4 Å². The summed E-state index contributed by atoms with van der Waals surface area (Å²) in [6, 6.07) is 13.1. The summed E-state index contributed by atoms with van der Waals surface area (Å²) in [7, 11) is 0. The van der Waals surface area contributed by atoms with Crippen LogP contribution in [-0.2, 0) is 6.54 Å². The minimum Gasteiger partial charge on any atom is -0.348 e. The maximum atomic E-state index is 13.7. The number of rotatable bonds is 6. The Balaban J connectivity index is 1.20. The van der Waals surface area contributed by atoms with E-state index in [0.29, 0.717) is 22.7 Å². The van der Waals surface area contributed by atoms with Crippen molar-refractivity contribution in [3.63, 3.8) is 0 Å². The molecular weight excluding hydrogens is 431 g/mol. The number of carbonyl (C=O) groups excluding carboxylic acids is 2. The molecule has 6 nitrogen and oxygen atoms in total. The molecule has 2 saturated heterocycles. The van der Waals surface area contributed by atoms with Gasteiger partial charge in [0.15, 0.2) is 0 Å². The molecule has 0 saturated carbocycles. The second-order valence-corrected chi connectivity index (χ2v) is 9.43. The molecule has 2 aromatic carbocycles. The summed E-state index contributed by atoms with van der Waals surface area (Å²) in [6.45, 7) is 5.28. The molecule has 0 unspecified atom stereocenters. The molecule has 0 radical (unpaired) electrons. The Hall–Kier alpha value is -2.93. The Bertz CT molecular complexity index is 949. The van der Waals surface area contributed by atoms with Crippen molar-refractivity contribution >= 4 is 17.6 Å². The Morgan fingerprint density at radius 2 is 1.56 bits per heavy atom. The van der Waals surface area contributed by atoms with Gasteiger partial charge in [-0.2, -0.15) is 0 Å². The van der Waals surface area contributed by atoms with Crippen molar-refractivity contribution in [3.8, 4) is 0 Å². The van der Waals surface area contributed by atoms with E-state index in [2.05, 4.69) is 15.5 Å². The molecule has 0 spiro atoms. The Kier molecular flexibility index (Phi) is 8.52. The summed E-state index contributed by atoms with van der Waals surface area (Å²) < 4.78 is 13.7. The third-order valence-corrected chi connectivity index (χ3v) is 6.91. The first kappa shape index (κ1) is 24.2. The Labute approximate surface area is 201 Å². The maximum absolute atomic E-state index is 13.7. The fourth-order valence-electron chi connectivity index (χ4n) is 4.83. The monoisotopic (exact) mass is 466 g/mol. The Morgan fingerprint density at radius 1 is 0.882 bits per heavy atom. The summed E-state index contributed by atoms with van der Waals surface area (Å²) >= 11 is 0. The van der Waals surface area contributed by atoms with Gasteiger partial charge < -0.3 is 20.4 Å². The lowest BCUT2D eigenvalue weighted by molar-refractivity contribution is 0.0950. The molecule has 34 heavy (non-hydrogen) atoms. The molecule has 2 heterocycles. The van der Waals surface area contributed by atoms with Crippen LogP contribution in [0.5, 0.6) is 0 Å². The SMILES string of the molecule is O=C(NCc1ccccc1F)c1ccc(NC(=O)N2CCC(CN3CCCCCC3)CC2)cc1. The summed E-state index contributed by atoms with van der Waals surface area (Å²) in [5.41, 5.74) is 1.56. The number of halogens is 1. The summed E-state index contributed by atoms with van der Waals surface area (Å²) in [5, 5.41) is 5.67. The smallest absolute Gasteiger partial charge is 0.321 e. The van der Waals surface area contributed by atoms with Gasteiger partial charge in [-0.15, -0.1) is 0 Å². The molecule has 0 aromatic heterocycles. The van der Waals surface area contributed by atoms with Crippen molar-refractivity contribution in [1.29, 1.82) is 0 Å². The highest BCUT2D eigenvalue weighted by Crippen LogP contribution is 2.21. The average Bonchev–Trinajstić information content (AvgIpc) is 3.13. The van der Waals surface area contributed by atoms with Crippen LogP contribution in [0.15, 0.2) is 48.5 Å². The van der Waals surface area contributed by atoms with Gasteiger partial charge in [0, 0.05) is 43.0 Å². The van der Waals surface area contributed by atoms with Crippen LogP contribution in [0, 0.1) is 11.7 Å². The zero-order valence-corrected chi connectivity index (χ0v) is 19.8. The molecule has 2 aliphatic rings. The molecule has 7 heteroatoms. The number of nitrogens with zero attached hydrogens (tertiary/aromatic N) is 2. The van der Waals surface area contributed by atoms with E-state index in [9.17, 15) is 14.0 Å². The van der Waals surface area contributed by atoms with Crippen molar-refractivity contribution in [2.24, 2.45) is 5.92 Å². The van der Waals surface area contributed by atoms with Gasteiger partial charge in [-0.3, -0.25) is 4.79 Å². The molecule has 4 rings (SSSR count). The van der Waals surface area contributed by atoms with Gasteiger partial charge in [0.1, 0.15) is 5.82 Å². The fraction of sp³-hybridized carbons (Fsp3) is 0.481. The van der Waals surface area contributed by atoms with Crippen molar-refractivity contribution in [2.75, 3.05) is 38.0 Å². The van der Waals surface area contributed by atoms with Gasteiger partial charge in [-0.1, -0.05) is 31.0 Å². The molecule has 0 aliphatic carbocycles. The maximum Gasteiger partial charge on any atom is 0.321 e. The lowest BCUT2D eigenvalue weighted by Gasteiger charge is -2.34. The molecule has 2 fully saturated rings. The van der Waals surface area contributed by atoms with Gasteiger partial charge in [-0.05, 0) is 75.0 Å². The third-order valence-electron chi connectivity index (χ3n) is 6.91. The second kappa shape index (κ2) is 12.0. The van der Waals surface area contributed by atoms with Crippen LogP contribution in [0.3, 0.4) is 0 Å². The molecule has 182 valence electrons. The number of likely N-dealkylation sites (tertiary alicyclic amines) is 2. The molecule has 3 amide bonds. The minimum atomic E-state index is -0.341. The topological polar surface area (TPSA) is 64.7 Å². The second-order valence-electron chi connectivity index (χ2n) is 9.43. The van der Waals surface area contributed by atoms with Crippen molar-refractivity contribution in [3.05, 3.63) is 65.5 Å². The average molecular weight is 467 g/mol. The largest absolute Gasteiger partial charge is 0.348 e. The normalized spacial score (nSPS) is 17.7.